The molecule has 30 heavy (non-hydrogen) atoms. The average molecular weight is 426 g/mol. The molecule has 0 unspecified atom stereocenters. The first-order valence-corrected chi connectivity index (χ1v) is 10.5. The summed E-state index contributed by atoms with van der Waals surface area (Å²) >= 11 is 1.39. The van der Waals surface area contributed by atoms with Crippen molar-refractivity contribution in [1.29, 1.82) is 0 Å². The average Bonchev–Trinajstić information content (AvgIpc) is 3.14. The Morgan fingerprint density at radius 1 is 1.13 bits per heavy atom. The number of anilines is 1. The maximum absolute atomic E-state index is 13.2. The molecule has 4 rings (SSSR count). The number of amides is 1. The summed E-state index contributed by atoms with van der Waals surface area (Å²) in [4.78, 5) is 13.2. The van der Waals surface area contributed by atoms with E-state index in [2.05, 4.69) is 20.9 Å². The lowest BCUT2D eigenvalue weighted by atomic mass is 10.0. The molecule has 2 aromatic carbocycles. The molecular weight excluding hydrogens is 402 g/mol. The third kappa shape index (κ3) is 4.06. The molecule has 0 aliphatic carbocycles. The largest absolute Gasteiger partial charge is 0.497 e. The van der Waals surface area contributed by atoms with E-state index in [4.69, 9.17) is 9.47 Å². The summed E-state index contributed by atoms with van der Waals surface area (Å²) in [7, 11) is 1.61. The Hall–Kier alpha value is -3.20. The molecule has 0 saturated heterocycles. The summed E-state index contributed by atoms with van der Waals surface area (Å²) in [6.45, 7) is 4.42. The Bertz CT molecular complexity index is 1020. The van der Waals surface area contributed by atoms with Crippen molar-refractivity contribution in [2.45, 2.75) is 30.3 Å². The highest BCUT2D eigenvalue weighted by Gasteiger charge is 2.37. The van der Waals surface area contributed by atoms with Crippen LogP contribution in [0.3, 0.4) is 0 Å². The third-order valence-electron chi connectivity index (χ3n) is 4.76. The highest BCUT2D eigenvalue weighted by molar-refractivity contribution is 8.00. The van der Waals surface area contributed by atoms with E-state index in [1.165, 1.54) is 11.8 Å². The first-order chi connectivity index (χ1) is 14.6. The van der Waals surface area contributed by atoms with Crippen LogP contribution < -0.4 is 20.2 Å². The van der Waals surface area contributed by atoms with Crippen LogP contribution in [0, 0.1) is 6.92 Å². The van der Waals surface area contributed by atoms with Gasteiger partial charge in [-0.15, -0.1) is 10.2 Å². The maximum Gasteiger partial charge on any atom is 0.240 e. The molecule has 1 aliphatic rings. The van der Waals surface area contributed by atoms with Crippen molar-refractivity contribution in [3.8, 4) is 11.5 Å². The van der Waals surface area contributed by atoms with Crippen molar-refractivity contribution < 1.29 is 14.3 Å². The number of nitrogens with one attached hydrogen (secondary N) is 2. The van der Waals surface area contributed by atoms with Gasteiger partial charge in [-0.1, -0.05) is 23.9 Å². The third-order valence-corrected chi connectivity index (χ3v) is 5.98. The number of thioether (sulfide) groups is 1. The van der Waals surface area contributed by atoms with E-state index in [0.717, 1.165) is 22.9 Å². The second-order valence-corrected chi connectivity index (χ2v) is 7.84. The Balaban J connectivity index is 1.61. The number of fused-ring (bicyclic) bond motifs is 1. The van der Waals surface area contributed by atoms with E-state index < -0.39 is 5.25 Å². The molecule has 8 nitrogen and oxygen atoms in total. The molecule has 0 bridgehead atoms. The van der Waals surface area contributed by atoms with E-state index in [-0.39, 0.29) is 11.9 Å². The molecule has 0 spiro atoms. The Morgan fingerprint density at radius 2 is 1.83 bits per heavy atom. The number of hydrogen-bond donors (Lipinski definition) is 2. The summed E-state index contributed by atoms with van der Waals surface area (Å²) in [5.41, 5.74) is 5.07. The van der Waals surface area contributed by atoms with E-state index >= 15 is 0 Å². The summed E-state index contributed by atoms with van der Waals surface area (Å²) in [6, 6.07) is 14.8. The van der Waals surface area contributed by atoms with Gasteiger partial charge < -0.3 is 20.2 Å². The van der Waals surface area contributed by atoms with Gasteiger partial charge in [0.15, 0.2) is 0 Å². The van der Waals surface area contributed by atoms with Crippen molar-refractivity contribution in [2.24, 2.45) is 0 Å². The van der Waals surface area contributed by atoms with Crippen molar-refractivity contribution >= 4 is 23.4 Å². The first kappa shape index (κ1) is 20.1. The Labute approximate surface area is 179 Å². The zero-order chi connectivity index (χ0) is 21.1. The minimum atomic E-state index is -0.443. The second-order valence-electron chi connectivity index (χ2n) is 6.73. The minimum Gasteiger partial charge on any atom is -0.497 e. The fourth-order valence-corrected chi connectivity index (χ4v) is 4.36. The van der Waals surface area contributed by atoms with Crippen LogP contribution in [0.2, 0.25) is 0 Å². The quantitative estimate of drug-likeness (QED) is 0.626. The highest BCUT2D eigenvalue weighted by atomic mass is 32.2. The number of aryl methyl sites for hydroxylation is 1. The van der Waals surface area contributed by atoms with Crippen molar-refractivity contribution in [3.05, 3.63) is 59.9 Å². The van der Waals surface area contributed by atoms with Crippen LogP contribution in [-0.4, -0.2) is 39.7 Å². The van der Waals surface area contributed by atoms with Crippen LogP contribution in [-0.2, 0) is 4.79 Å². The molecule has 3 aromatic rings. The van der Waals surface area contributed by atoms with E-state index in [0.29, 0.717) is 17.5 Å². The summed E-state index contributed by atoms with van der Waals surface area (Å²) < 4.78 is 12.5. The van der Waals surface area contributed by atoms with E-state index in [9.17, 15) is 4.79 Å². The topological polar surface area (TPSA) is 90.3 Å². The molecule has 0 radical (unpaired) electrons. The summed E-state index contributed by atoms with van der Waals surface area (Å²) in [5, 5.41) is 11.5. The lowest BCUT2D eigenvalue weighted by Crippen LogP contribution is -2.41. The van der Waals surface area contributed by atoms with Gasteiger partial charge in [-0.25, -0.2) is 4.68 Å². The number of aromatic nitrogens is 3. The lowest BCUT2D eigenvalue weighted by Gasteiger charge is -2.32. The van der Waals surface area contributed by atoms with Crippen LogP contribution in [0.5, 0.6) is 11.5 Å². The summed E-state index contributed by atoms with van der Waals surface area (Å²) in [6.07, 6.45) is 0. The number of nitrogens with zero attached hydrogens (tertiary/aromatic N) is 3. The fourth-order valence-electron chi connectivity index (χ4n) is 3.24. The number of carbonyl (C=O) groups is 1. The Kier molecular flexibility index (Phi) is 5.80. The highest BCUT2D eigenvalue weighted by Crippen LogP contribution is 2.38. The van der Waals surface area contributed by atoms with Crippen LogP contribution in [0.15, 0.2) is 53.7 Å². The molecule has 156 valence electrons. The smallest absolute Gasteiger partial charge is 0.240 e. The molecule has 1 aromatic heterocycles. The van der Waals surface area contributed by atoms with Crippen LogP contribution >= 0.6 is 11.8 Å². The first-order valence-electron chi connectivity index (χ1n) is 9.62. The van der Waals surface area contributed by atoms with Crippen LogP contribution in [0.4, 0.5) is 5.69 Å². The number of methoxy groups -OCH3 is 1. The predicted molar refractivity (Wildman–Crippen MR) is 116 cm³/mol. The molecule has 1 amide bonds. The number of rotatable bonds is 6. The zero-order valence-electron chi connectivity index (χ0n) is 17.0. The maximum atomic E-state index is 13.2. The van der Waals surface area contributed by atoms with Gasteiger partial charge in [0.1, 0.15) is 22.6 Å². The normalized spacial score (nSPS) is 17.6. The van der Waals surface area contributed by atoms with Gasteiger partial charge in [0, 0.05) is 5.69 Å². The molecule has 0 fully saturated rings. The molecule has 1 aliphatic heterocycles. The molecule has 9 heteroatoms. The number of ether oxygens (including phenoxy) is 2. The standard InChI is InChI=1S/C21H23N5O3S/c1-4-29-17-9-5-14(6-10-17)18-19(30-21-24-23-13(2)26(21)25-18)20(27)22-15-7-11-16(28-3)12-8-15/h5-12,18-19,25H,4H2,1-3H3,(H,22,27)/t18-,19+/m0/s1. The Morgan fingerprint density at radius 3 is 2.50 bits per heavy atom. The lowest BCUT2D eigenvalue weighted by molar-refractivity contribution is -0.116. The van der Waals surface area contributed by atoms with E-state index in [1.807, 2.05) is 67.1 Å². The SMILES string of the molecule is CCOc1ccc([C@@H]2Nn3c(C)nnc3S[C@H]2C(=O)Nc2ccc(OC)cc2)cc1. The fraction of sp³-hybridized carbons (Fsp3) is 0.286. The van der Waals surface area contributed by atoms with Gasteiger partial charge in [0.2, 0.25) is 11.1 Å². The zero-order valence-corrected chi connectivity index (χ0v) is 17.8. The number of benzene rings is 2. The van der Waals surface area contributed by atoms with E-state index in [1.54, 1.807) is 7.11 Å². The predicted octanol–water partition coefficient (Wildman–Crippen LogP) is 3.39. The number of hydrogen-bond acceptors (Lipinski definition) is 7. The molecule has 2 N–H and O–H groups in total. The van der Waals surface area contributed by atoms with Crippen molar-refractivity contribution in [1.82, 2.24) is 14.9 Å². The number of carbonyl (C=O) groups excluding carboxylic acids is 1. The molecule has 0 saturated carbocycles. The van der Waals surface area contributed by atoms with Gasteiger partial charge in [-0.3, -0.25) is 4.79 Å². The monoisotopic (exact) mass is 425 g/mol. The van der Waals surface area contributed by atoms with Crippen molar-refractivity contribution in [2.75, 3.05) is 24.5 Å². The van der Waals surface area contributed by atoms with Gasteiger partial charge in [0.05, 0.1) is 19.8 Å². The summed E-state index contributed by atoms with van der Waals surface area (Å²) in [5.74, 6) is 2.15. The molecule has 2 heterocycles. The molecule has 2 atom stereocenters. The van der Waals surface area contributed by atoms with Gasteiger partial charge >= 0.3 is 0 Å². The van der Waals surface area contributed by atoms with Gasteiger partial charge in [0.25, 0.3) is 0 Å². The van der Waals surface area contributed by atoms with Gasteiger partial charge in [-0.2, -0.15) is 0 Å². The van der Waals surface area contributed by atoms with Crippen LogP contribution in [0.25, 0.3) is 0 Å². The van der Waals surface area contributed by atoms with Crippen LogP contribution in [0.1, 0.15) is 24.4 Å². The minimum absolute atomic E-state index is 0.122. The van der Waals surface area contributed by atoms with Crippen molar-refractivity contribution in [3.63, 3.8) is 0 Å². The second kappa shape index (κ2) is 8.66. The molecular formula is C21H23N5O3S. The van der Waals surface area contributed by atoms with Gasteiger partial charge in [-0.05, 0) is 55.8 Å².